The van der Waals surface area contributed by atoms with E-state index in [1.165, 1.54) is 0 Å². The van der Waals surface area contributed by atoms with E-state index in [0.29, 0.717) is 0 Å². The van der Waals surface area contributed by atoms with E-state index >= 15 is 0 Å². The van der Waals surface area contributed by atoms with Crippen molar-refractivity contribution in [1.82, 2.24) is 0 Å². The standard InChI is InChI=1S/C30H24N2O2.C27H18N2O2/c1-29(2)25-17-9-11-21-19-31(23-13-5-3-6-14-23)30(33-27(21)25)32(24-15-7-4-8-16-24)20-22-12-10-18-26(29)28(22)34-30;1-3-9-22(10-4-1)28-17-20-15-14-19-16-25(20)30-27(28)29(23-11-5-2-6-12-23)18-21-8-7-13-24(19)26(21)31-27/h3-20H,1-2H3;1-18H/q2*+2/t;27-/m.0/s1. The van der Waals surface area contributed by atoms with Gasteiger partial charge in [-0.15, -0.1) is 0 Å². The summed E-state index contributed by atoms with van der Waals surface area (Å²) in [5.74, 6) is 3.33. The molecule has 6 aliphatic heterocycles. The Morgan fingerprint density at radius 1 is 0.338 bits per heavy atom. The molecule has 0 aromatic heterocycles. The molecule has 65 heavy (non-hydrogen) atoms. The molecular formula is C57H42N4O4+4. The lowest BCUT2D eigenvalue weighted by atomic mass is 9.75. The van der Waals surface area contributed by atoms with Gasteiger partial charge in [-0.25, -0.2) is 0 Å². The van der Waals surface area contributed by atoms with E-state index in [1.807, 2.05) is 72.8 Å². The lowest BCUT2D eigenvalue weighted by molar-refractivity contribution is -0.856. The predicted octanol–water partition coefficient (Wildman–Crippen LogP) is 11.2. The van der Waals surface area contributed by atoms with E-state index < -0.39 is 12.1 Å². The average Bonchev–Trinajstić information content (AvgIpc) is 3.35. The normalized spacial score (nSPS) is 18.6. The van der Waals surface area contributed by atoms with Gasteiger partial charge in [-0.2, -0.15) is 0 Å². The average molecular weight is 847 g/mol. The summed E-state index contributed by atoms with van der Waals surface area (Å²) in [6.07, 6.45) is 8.53. The van der Waals surface area contributed by atoms with Crippen molar-refractivity contribution in [2.75, 3.05) is 0 Å². The minimum atomic E-state index is -1.26. The second kappa shape index (κ2) is 13.8. The SMILES string of the molecule is C1=[N+](c2ccccc2)[C@]23Oc4cc(ccc41)-c1cccc(c1O2)C=[N+]3c1ccccc1.CC1(C)c2cccc3c2OC2(Oc4c(cccc41)C=[N+]2c1ccccc1)[N+](c1ccccc1)=C3. The van der Waals surface area contributed by atoms with Crippen LogP contribution in [0.4, 0.5) is 22.7 Å². The molecule has 2 spiro atoms. The van der Waals surface area contributed by atoms with Gasteiger partial charge in [0.05, 0.1) is 22.3 Å². The molecule has 0 saturated heterocycles. The molecule has 6 heterocycles. The molecule has 14 rings (SSSR count). The summed E-state index contributed by atoms with van der Waals surface area (Å²) in [4.78, 5) is 0. The van der Waals surface area contributed by atoms with Crippen LogP contribution in [0.3, 0.4) is 0 Å². The fourth-order valence-electron chi connectivity index (χ4n) is 9.96. The van der Waals surface area contributed by atoms with Gasteiger partial charge in [0.15, 0.2) is 47.9 Å². The second-order valence-corrected chi connectivity index (χ2v) is 17.4. The fourth-order valence-corrected chi connectivity index (χ4v) is 9.96. The largest absolute Gasteiger partial charge is 0.714 e. The minimum absolute atomic E-state index is 0.297. The Morgan fingerprint density at radius 3 is 1.18 bits per heavy atom. The molecule has 310 valence electrons. The van der Waals surface area contributed by atoms with Gasteiger partial charge in [-0.3, -0.25) is 0 Å². The fraction of sp³-hybridized carbons (Fsp3) is 0.0877. The second-order valence-electron chi connectivity index (χ2n) is 17.4. The summed E-state index contributed by atoms with van der Waals surface area (Å²) >= 11 is 0. The number of hydrogen-bond donors (Lipinski definition) is 0. The molecule has 8 aromatic carbocycles. The van der Waals surface area contributed by atoms with Crippen molar-refractivity contribution < 1.29 is 37.2 Å². The molecule has 6 aliphatic rings. The summed E-state index contributed by atoms with van der Waals surface area (Å²) in [5, 5.41) is 0. The highest BCUT2D eigenvalue weighted by molar-refractivity contribution is 5.91. The Hall–Kier alpha value is -8.36. The van der Waals surface area contributed by atoms with Crippen molar-refractivity contribution in [3.05, 3.63) is 228 Å². The van der Waals surface area contributed by atoms with Crippen LogP contribution in [-0.2, 0) is 5.41 Å². The Morgan fingerprint density at radius 2 is 0.723 bits per heavy atom. The van der Waals surface area contributed by atoms with Crippen molar-refractivity contribution in [2.24, 2.45) is 0 Å². The molecule has 8 aromatic rings. The van der Waals surface area contributed by atoms with Crippen LogP contribution < -0.4 is 18.9 Å². The summed E-state index contributed by atoms with van der Waals surface area (Å²) in [6.45, 7) is 4.48. The lowest BCUT2D eigenvalue weighted by Crippen LogP contribution is -2.62. The summed E-state index contributed by atoms with van der Waals surface area (Å²) in [7, 11) is 0. The molecular weight excluding hydrogens is 805 g/mol. The monoisotopic (exact) mass is 846 g/mol. The topological polar surface area (TPSA) is 49.0 Å². The maximum Gasteiger partial charge on any atom is 0.714 e. The highest BCUT2D eigenvalue weighted by atomic mass is 16.8. The number of rotatable bonds is 4. The number of ether oxygens (including phenoxy) is 4. The van der Waals surface area contributed by atoms with Crippen LogP contribution in [-0.4, -0.2) is 55.2 Å². The Balaban J connectivity index is 0.000000131. The first-order valence-electron chi connectivity index (χ1n) is 22.0. The lowest BCUT2D eigenvalue weighted by Gasteiger charge is -2.39. The van der Waals surface area contributed by atoms with E-state index in [1.54, 1.807) is 0 Å². The Labute approximate surface area is 376 Å². The quantitative estimate of drug-likeness (QED) is 0.166. The molecule has 1 atom stereocenters. The Kier molecular flexibility index (Phi) is 7.91. The van der Waals surface area contributed by atoms with Crippen LogP contribution in [0.2, 0.25) is 0 Å². The smallest absolute Gasteiger partial charge is 0.340 e. The molecule has 0 unspecified atom stereocenters. The van der Waals surface area contributed by atoms with Crippen LogP contribution in [0.5, 0.6) is 23.0 Å². The first-order chi connectivity index (χ1) is 31.9. The Bertz CT molecular complexity index is 3280. The maximum absolute atomic E-state index is 7.03. The van der Waals surface area contributed by atoms with Crippen molar-refractivity contribution in [1.29, 1.82) is 0 Å². The predicted molar refractivity (Wildman–Crippen MR) is 251 cm³/mol. The molecule has 0 aliphatic carbocycles. The van der Waals surface area contributed by atoms with Crippen LogP contribution in [0.15, 0.2) is 194 Å². The van der Waals surface area contributed by atoms with E-state index in [-0.39, 0.29) is 5.41 Å². The zero-order valence-electron chi connectivity index (χ0n) is 35.7. The number of benzene rings is 8. The zero-order valence-corrected chi connectivity index (χ0v) is 35.7. The van der Waals surface area contributed by atoms with Crippen LogP contribution in [0.1, 0.15) is 47.2 Å². The van der Waals surface area contributed by atoms with Crippen molar-refractivity contribution >= 4 is 47.6 Å². The van der Waals surface area contributed by atoms with Crippen LogP contribution in [0.25, 0.3) is 11.1 Å². The third-order valence-electron chi connectivity index (χ3n) is 13.2. The third kappa shape index (κ3) is 5.50. The molecule has 8 nitrogen and oxygen atoms in total. The van der Waals surface area contributed by atoms with E-state index in [4.69, 9.17) is 18.9 Å². The van der Waals surface area contributed by atoms with Gasteiger partial charge in [0, 0.05) is 70.6 Å². The van der Waals surface area contributed by atoms with Gasteiger partial charge in [0.2, 0.25) is 22.7 Å². The molecule has 0 N–H and O–H groups in total. The molecule has 0 saturated carbocycles. The van der Waals surface area contributed by atoms with E-state index in [2.05, 4.69) is 178 Å². The van der Waals surface area contributed by atoms with Gasteiger partial charge in [-0.05, 0) is 35.9 Å². The molecule has 7 bridgehead atoms. The number of para-hydroxylation sites is 7. The minimum Gasteiger partial charge on any atom is -0.340 e. The van der Waals surface area contributed by atoms with E-state index in [9.17, 15) is 0 Å². The molecule has 0 radical (unpaired) electrons. The van der Waals surface area contributed by atoms with Gasteiger partial charge in [0.1, 0.15) is 0 Å². The van der Waals surface area contributed by atoms with Gasteiger partial charge in [0.25, 0.3) is 0 Å². The first kappa shape index (κ1) is 37.2. The molecule has 0 amide bonds. The van der Waals surface area contributed by atoms with Crippen molar-refractivity contribution in [3.8, 4) is 34.1 Å². The van der Waals surface area contributed by atoms with Crippen molar-refractivity contribution in [3.63, 3.8) is 0 Å². The highest BCUT2D eigenvalue weighted by Gasteiger charge is 2.69. The number of fused-ring (bicyclic) bond motifs is 2. The third-order valence-corrected chi connectivity index (χ3v) is 13.2. The molecule has 0 fully saturated rings. The van der Waals surface area contributed by atoms with Gasteiger partial charge >= 0.3 is 12.1 Å². The summed E-state index contributed by atoms with van der Waals surface area (Å²) < 4.78 is 36.0. The summed E-state index contributed by atoms with van der Waals surface area (Å²) in [6, 6.07) is 63.9. The molecule has 8 heteroatoms. The van der Waals surface area contributed by atoms with Gasteiger partial charge < -0.3 is 18.9 Å². The zero-order chi connectivity index (χ0) is 43.3. The maximum atomic E-state index is 7.03. The summed E-state index contributed by atoms with van der Waals surface area (Å²) in [5.41, 5.74) is 12.2. The first-order valence-corrected chi connectivity index (χ1v) is 22.0. The van der Waals surface area contributed by atoms with Gasteiger partial charge in [-0.1, -0.05) is 147 Å². The van der Waals surface area contributed by atoms with Crippen LogP contribution in [0, 0.1) is 0 Å². The van der Waals surface area contributed by atoms with Crippen LogP contribution >= 0.6 is 0 Å². The number of hydrogen-bond acceptors (Lipinski definition) is 4. The van der Waals surface area contributed by atoms with Crippen molar-refractivity contribution in [2.45, 2.75) is 31.3 Å². The van der Waals surface area contributed by atoms with E-state index in [0.717, 1.165) is 90.3 Å². The number of nitrogens with zero attached hydrogens (tertiary/aromatic N) is 4. The highest BCUT2D eigenvalue weighted by Crippen LogP contribution is 2.52.